The Labute approximate surface area is 328 Å². The van der Waals surface area contributed by atoms with Crippen LogP contribution < -0.4 is 34.1 Å². The van der Waals surface area contributed by atoms with Gasteiger partial charge in [0.2, 0.25) is 6.41 Å². The van der Waals surface area contributed by atoms with Crippen LogP contribution in [-0.2, 0) is 4.79 Å². The molecule has 0 fully saturated rings. The summed E-state index contributed by atoms with van der Waals surface area (Å²) >= 11 is 0. The zero-order chi connectivity index (χ0) is 41.9. The maximum absolute atomic E-state index is 11.1. The predicted molar refractivity (Wildman–Crippen MR) is 219 cm³/mol. The molecule has 57 heavy (non-hydrogen) atoms. The molecule has 7 aromatic rings. The third-order valence-electron chi connectivity index (χ3n) is 7.50. The maximum atomic E-state index is 11.1. The number of hydrogen-bond acceptors (Lipinski definition) is 9. The number of H-pyrrole nitrogens is 3. The molecule has 0 spiro atoms. The van der Waals surface area contributed by atoms with Gasteiger partial charge in [-0.2, -0.15) is 10.4 Å². The van der Waals surface area contributed by atoms with E-state index in [-0.39, 0.29) is 18.7 Å². The number of rotatable bonds is 5. The molecule has 19 nitrogen and oxygen atoms in total. The van der Waals surface area contributed by atoms with Crippen molar-refractivity contribution in [3.63, 3.8) is 0 Å². The van der Waals surface area contributed by atoms with E-state index in [0.717, 1.165) is 34.8 Å². The van der Waals surface area contributed by atoms with Crippen LogP contribution in [0.15, 0.2) is 90.1 Å². The predicted octanol–water partition coefficient (Wildman–Crippen LogP) is 3.01. The van der Waals surface area contributed by atoms with Crippen molar-refractivity contribution in [1.29, 1.82) is 5.26 Å². The normalized spacial score (nSPS) is 9.35. The average Bonchev–Trinajstić information content (AvgIpc) is 4.04. The number of nitrogens with one attached hydrogen (secondary N) is 4. The molecule has 0 atom stereocenters. The Balaban J connectivity index is 0.000000344. The number of nitrogens with two attached hydrogens (primary N) is 4. The number of hydrogen-bond donors (Lipinski definition) is 8. The van der Waals surface area contributed by atoms with E-state index in [1.807, 2.05) is 64.2 Å². The molecule has 0 bridgehead atoms. The highest BCUT2D eigenvalue weighted by Crippen LogP contribution is 2.05. The lowest BCUT2D eigenvalue weighted by atomic mass is 10.4. The number of primary amides is 2. The Bertz CT molecular complexity index is 2430. The lowest BCUT2D eigenvalue weighted by Crippen LogP contribution is -2.23. The highest BCUT2D eigenvalue weighted by Gasteiger charge is 2.09. The monoisotopic (exact) mass is 782 g/mol. The smallest absolute Gasteiger partial charge is 0.275 e. The summed E-state index contributed by atoms with van der Waals surface area (Å²) in [6.07, 6.45) is 4.59. The van der Waals surface area contributed by atoms with E-state index < -0.39 is 11.8 Å². The lowest BCUT2D eigenvalue weighted by molar-refractivity contribution is -0.106. The quantitative estimate of drug-likeness (QED) is 0.0939. The van der Waals surface area contributed by atoms with Gasteiger partial charge >= 0.3 is 0 Å². The summed E-state index contributed by atoms with van der Waals surface area (Å²) in [5.41, 5.74) is 20.2. The molecule has 0 saturated heterocycles. The fourth-order valence-corrected chi connectivity index (χ4v) is 4.44. The molecule has 0 aliphatic rings. The highest BCUT2D eigenvalue weighted by atomic mass is 16.2. The molecule has 0 unspecified atom stereocenters. The van der Waals surface area contributed by atoms with E-state index in [0.29, 0.717) is 29.0 Å². The number of aromatic amines is 3. The Kier molecular flexibility index (Phi) is 18.9. The maximum Gasteiger partial charge on any atom is 0.275 e. The summed E-state index contributed by atoms with van der Waals surface area (Å²) < 4.78 is 5.57. The van der Waals surface area contributed by atoms with Crippen LogP contribution in [0.5, 0.6) is 0 Å². The lowest BCUT2D eigenvalue weighted by Gasteiger charge is -2.05. The topological polar surface area (TPSA) is 305 Å². The molecule has 12 N–H and O–H groups in total. The van der Waals surface area contributed by atoms with Gasteiger partial charge in [0, 0.05) is 40.4 Å². The number of fused-ring (bicyclic) bond motifs is 1. The van der Waals surface area contributed by atoms with Crippen LogP contribution in [0.2, 0.25) is 0 Å². The minimum Gasteiger partial charge on any atom is -0.365 e. The number of aryl methyl sites for hydroxylation is 6. The van der Waals surface area contributed by atoms with Crippen molar-refractivity contribution in [2.45, 2.75) is 49.0 Å². The molecule has 0 saturated carbocycles. The van der Waals surface area contributed by atoms with Crippen LogP contribution in [0.4, 0.5) is 0 Å². The molecular weight excluding hydrogens is 733 g/mol. The number of nitriles is 1. The molecule has 7 rings (SSSR count). The van der Waals surface area contributed by atoms with E-state index in [2.05, 4.69) is 25.5 Å². The minimum absolute atomic E-state index is 0. The van der Waals surface area contributed by atoms with Crippen LogP contribution in [-0.4, -0.2) is 63.1 Å². The van der Waals surface area contributed by atoms with Gasteiger partial charge in [0.15, 0.2) is 6.29 Å². The molecule has 7 aromatic heterocycles. The van der Waals surface area contributed by atoms with Gasteiger partial charge in [-0.15, -0.1) is 0 Å². The number of aldehydes is 1. The van der Waals surface area contributed by atoms with Crippen LogP contribution >= 0.6 is 0 Å². The Morgan fingerprint density at radius 2 is 1.35 bits per heavy atom. The van der Waals surface area contributed by atoms with Crippen molar-refractivity contribution in [1.82, 2.24) is 38.6 Å². The van der Waals surface area contributed by atoms with Crippen LogP contribution in [0, 0.1) is 52.9 Å². The van der Waals surface area contributed by atoms with E-state index in [1.54, 1.807) is 66.9 Å². The van der Waals surface area contributed by atoms with Crippen LogP contribution in [0.1, 0.15) is 78.7 Å². The number of nitrogens with zero attached hydrogens (tertiary/aromatic N) is 6. The second-order valence-corrected chi connectivity index (χ2v) is 11.7. The fourth-order valence-electron chi connectivity index (χ4n) is 4.44. The van der Waals surface area contributed by atoms with Crippen molar-refractivity contribution < 1.29 is 19.2 Å². The number of nitrogen functional groups attached to an aromatic ring is 2. The summed E-state index contributed by atoms with van der Waals surface area (Å²) in [4.78, 5) is 60.8. The first-order valence-electron chi connectivity index (χ1n) is 16.5. The largest absolute Gasteiger partial charge is 0.365 e. The number of carbonyl (C=O) groups excluding carboxylic acids is 4. The molecule has 7 heterocycles. The zero-order valence-corrected chi connectivity index (χ0v) is 31.8. The Morgan fingerprint density at radius 1 is 0.754 bits per heavy atom. The SMILES string of the molecule is C.Cc1ccc(C#N)n1N.Cc1ccc(C(N)=O)n1N.Cc1ccc(C(N)=O)n1NC=O.Cc1ccc(C=O)[nH]1.Cc1ccc2c(=O)[nH]cnn12.Cc1ccc[nH]1. The fraction of sp³-hybridized carbons (Fsp3) is 0.184. The second kappa shape index (κ2) is 22.9. The van der Waals surface area contributed by atoms with E-state index in [9.17, 15) is 24.0 Å². The molecule has 0 aliphatic heterocycles. The molecule has 0 aromatic carbocycles. The van der Waals surface area contributed by atoms with Crippen molar-refractivity contribution in [3.05, 3.63) is 153 Å². The van der Waals surface area contributed by atoms with Gasteiger partial charge in [0.25, 0.3) is 17.4 Å². The van der Waals surface area contributed by atoms with Gasteiger partial charge in [-0.3, -0.25) is 43.4 Å². The second-order valence-electron chi connectivity index (χ2n) is 11.7. The summed E-state index contributed by atoms with van der Waals surface area (Å²) in [5.74, 6) is 9.75. The van der Waals surface area contributed by atoms with E-state index in [4.69, 9.17) is 28.4 Å². The van der Waals surface area contributed by atoms with Crippen molar-refractivity contribution in [2.75, 3.05) is 17.1 Å². The van der Waals surface area contributed by atoms with Crippen molar-refractivity contribution in [3.8, 4) is 6.07 Å². The van der Waals surface area contributed by atoms with E-state index in [1.165, 1.54) is 26.0 Å². The highest BCUT2D eigenvalue weighted by molar-refractivity contribution is 5.92. The average molecular weight is 783 g/mol. The molecule has 19 heteroatoms. The third kappa shape index (κ3) is 14.1. The molecule has 0 radical (unpaired) electrons. The summed E-state index contributed by atoms with van der Waals surface area (Å²) in [5, 5.41) is 12.3. The Hall–Kier alpha value is -8.01. The zero-order valence-electron chi connectivity index (χ0n) is 31.8. The Morgan fingerprint density at radius 3 is 1.72 bits per heavy atom. The van der Waals surface area contributed by atoms with Crippen molar-refractivity contribution >= 4 is 30.0 Å². The number of amides is 3. The van der Waals surface area contributed by atoms with Gasteiger partial charge < -0.3 is 38.1 Å². The van der Waals surface area contributed by atoms with Gasteiger partial charge in [-0.05, 0) is 114 Å². The minimum atomic E-state index is -0.572. The third-order valence-corrected chi connectivity index (χ3v) is 7.50. The molecule has 302 valence electrons. The number of aromatic nitrogens is 8. The first-order chi connectivity index (χ1) is 26.6. The van der Waals surface area contributed by atoms with Gasteiger partial charge in [-0.1, -0.05) is 7.43 Å². The molecule has 0 aliphatic carbocycles. The molecule has 3 amide bonds. The van der Waals surface area contributed by atoms with Crippen molar-refractivity contribution in [2.24, 2.45) is 11.5 Å². The van der Waals surface area contributed by atoms with Crippen LogP contribution in [0.3, 0.4) is 0 Å². The van der Waals surface area contributed by atoms with Crippen LogP contribution in [0.25, 0.3) is 5.52 Å². The summed E-state index contributed by atoms with van der Waals surface area (Å²) in [6.45, 7) is 11.2. The van der Waals surface area contributed by atoms with E-state index >= 15 is 0 Å². The summed E-state index contributed by atoms with van der Waals surface area (Å²) in [6, 6.07) is 23.3. The first-order valence-corrected chi connectivity index (χ1v) is 16.5. The standard InChI is InChI=1S/C7H9N3O2.C7H7N3O.C6H9N3O.C6H7N3.C6H7NO.C5H7N.CH4/c1-5-2-3-6(7(8)12)10(5)9-4-11;1-5-2-3-6-7(11)8-4-9-10(5)6;1-4-2-3-5(6(7)10)9(4)8;1-5-2-3-6(4-7)9(5)8;1-5-2-3-6(4-8)7-5;1-5-3-2-4-6-5;/h2-4H,1H3,(H2,8,12)(H,9,11);2-4H,1H3,(H,8,9,11);2-3H,8H2,1H3,(H2,7,10);2-3H,8H2,1H3;2-4,7H,1H3;2-4,6H,1H3;1H4. The summed E-state index contributed by atoms with van der Waals surface area (Å²) in [7, 11) is 0. The number of carbonyl (C=O) groups is 4. The first kappa shape index (κ1) is 47.0. The molecular formula is C38H50N14O5. The van der Waals surface area contributed by atoms with Gasteiger partial charge in [0.05, 0.1) is 5.69 Å². The van der Waals surface area contributed by atoms with Gasteiger partial charge in [-0.25, -0.2) is 4.52 Å². The van der Waals surface area contributed by atoms with Gasteiger partial charge in [0.1, 0.15) is 35.0 Å².